The zero-order valence-corrected chi connectivity index (χ0v) is 10.1. The molecule has 0 radical (unpaired) electrons. The van der Waals surface area contributed by atoms with E-state index in [4.69, 9.17) is 5.11 Å². The maximum absolute atomic E-state index is 11.4. The average Bonchev–Trinajstić information content (AvgIpc) is 2.73. The van der Waals surface area contributed by atoms with E-state index in [1.807, 2.05) is 19.1 Å². The van der Waals surface area contributed by atoms with Gasteiger partial charge >= 0.3 is 12.0 Å². The van der Waals surface area contributed by atoms with Crippen molar-refractivity contribution in [2.45, 2.75) is 38.6 Å². The highest BCUT2D eigenvalue weighted by Crippen LogP contribution is 2.25. The highest BCUT2D eigenvalue weighted by molar-refractivity contribution is 5.75. The molecule has 1 fully saturated rings. The van der Waals surface area contributed by atoms with Gasteiger partial charge in [0, 0.05) is 12.6 Å². The predicted octanol–water partition coefficient (Wildman–Crippen LogP) is 1.51. The molecule has 0 aromatic heterocycles. The fraction of sp³-hybridized carbons (Fsp3) is 0.667. The van der Waals surface area contributed by atoms with Crippen molar-refractivity contribution in [2.24, 2.45) is 5.92 Å². The Morgan fingerprint density at radius 3 is 2.76 bits per heavy atom. The van der Waals surface area contributed by atoms with E-state index in [2.05, 4.69) is 10.6 Å². The predicted molar refractivity (Wildman–Crippen MR) is 64.7 cm³/mol. The van der Waals surface area contributed by atoms with Crippen molar-refractivity contribution in [1.82, 2.24) is 10.6 Å². The number of hydrogen-bond acceptors (Lipinski definition) is 2. The number of nitrogens with one attached hydrogen (secondary N) is 2. The van der Waals surface area contributed by atoms with Gasteiger partial charge in [0.05, 0.1) is 5.92 Å². The van der Waals surface area contributed by atoms with E-state index in [-0.39, 0.29) is 18.0 Å². The van der Waals surface area contributed by atoms with Crippen LogP contribution in [0.3, 0.4) is 0 Å². The van der Waals surface area contributed by atoms with Crippen LogP contribution >= 0.6 is 0 Å². The molecular formula is C12H20N2O3. The Bertz CT molecular complexity index is 302. The van der Waals surface area contributed by atoms with Gasteiger partial charge in [0.1, 0.15) is 0 Å². The van der Waals surface area contributed by atoms with Crippen LogP contribution in [0.15, 0.2) is 12.2 Å². The number of carboxylic acids is 1. The Morgan fingerprint density at radius 2 is 2.18 bits per heavy atom. The van der Waals surface area contributed by atoms with Crippen molar-refractivity contribution < 1.29 is 14.7 Å². The summed E-state index contributed by atoms with van der Waals surface area (Å²) in [5.74, 6) is -1.06. The van der Waals surface area contributed by atoms with Crippen LogP contribution in [-0.4, -0.2) is 29.7 Å². The Morgan fingerprint density at radius 1 is 1.41 bits per heavy atom. The van der Waals surface area contributed by atoms with Gasteiger partial charge in [-0.05, 0) is 32.6 Å². The normalized spacial score (nSPS) is 23.8. The van der Waals surface area contributed by atoms with Crippen LogP contribution in [0.25, 0.3) is 0 Å². The highest BCUT2D eigenvalue weighted by atomic mass is 16.4. The van der Waals surface area contributed by atoms with E-state index in [9.17, 15) is 9.59 Å². The smallest absolute Gasteiger partial charge is 0.315 e. The first kappa shape index (κ1) is 13.5. The third-order valence-corrected chi connectivity index (χ3v) is 2.95. The molecule has 0 aromatic rings. The molecule has 0 aliphatic heterocycles. The molecule has 1 aliphatic rings. The van der Waals surface area contributed by atoms with E-state index in [1.54, 1.807) is 0 Å². The summed E-state index contributed by atoms with van der Waals surface area (Å²) >= 11 is 0. The summed E-state index contributed by atoms with van der Waals surface area (Å²) in [5, 5.41) is 14.4. The Balaban J connectivity index is 2.17. The number of carbonyl (C=O) groups is 2. The van der Waals surface area contributed by atoms with Crippen LogP contribution < -0.4 is 10.6 Å². The fourth-order valence-corrected chi connectivity index (χ4v) is 2.01. The van der Waals surface area contributed by atoms with Crippen LogP contribution in [-0.2, 0) is 4.79 Å². The molecule has 1 aliphatic carbocycles. The third kappa shape index (κ3) is 4.89. The Hall–Kier alpha value is -1.52. The maximum atomic E-state index is 11.4. The molecule has 17 heavy (non-hydrogen) atoms. The summed E-state index contributed by atoms with van der Waals surface area (Å²) in [6.07, 6.45) is 6.67. The van der Waals surface area contributed by atoms with Gasteiger partial charge in [-0.2, -0.15) is 0 Å². The number of rotatable bonds is 5. The van der Waals surface area contributed by atoms with Gasteiger partial charge < -0.3 is 15.7 Å². The van der Waals surface area contributed by atoms with Gasteiger partial charge in [0.25, 0.3) is 0 Å². The molecule has 5 nitrogen and oxygen atoms in total. The molecule has 2 unspecified atom stereocenters. The molecule has 2 amide bonds. The van der Waals surface area contributed by atoms with Gasteiger partial charge in [-0.3, -0.25) is 4.79 Å². The van der Waals surface area contributed by atoms with Crippen molar-refractivity contribution in [2.75, 3.05) is 6.54 Å². The number of carboxylic acid groups (broad SMARTS) is 1. The summed E-state index contributed by atoms with van der Waals surface area (Å²) < 4.78 is 0. The van der Waals surface area contributed by atoms with Gasteiger partial charge in [0.2, 0.25) is 0 Å². The molecule has 0 saturated heterocycles. The third-order valence-electron chi connectivity index (χ3n) is 2.95. The van der Waals surface area contributed by atoms with Crippen LogP contribution in [0.4, 0.5) is 4.79 Å². The second kappa shape index (κ2) is 6.93. The molecule has 3 N–H and O–H groups in total. The van der Waals surface area contributed by atoms with Crippen LogP contribution in [0.1, 0.15) is 32.6 Å². The zero-order chi connectivity index (χ0) is 12.7. The van der Waals surface area contributed by atoms with Crippen molar-refractivity contribution in [3.63, 3.8) is 0 Å². The minimum absolute atomic E-state index is 0.00202. The second-order valence-electron chi connectivity index (χ2n) is 4.30. The van der Waals surface area contributed by atoms with Gasteiger partial charge in [-0.25, -0.2) is 4.79 Å². The highest BCUT2D eigenvalue weighted by Gasteiger charge is 2.30. The van der Waals surface area contributed by atoms with Gasteiger partial charge in [-0.15, -0.1) is 0 Å². The van der Waals surface area contributed by atoms with E-state index in [1.165, 1.54) is 0 Å². The van der Waals surface area contributed by atoms with Crippen LogP contribution in [0.2, 0.25) is 0 Å². The summed E-state index contributed by atoms with van der Waals surface area (Å²) in [4.78, 5) is 22.2. The molecule has 5 heteroatoms. The molecule has 0 aromatic carbocycles. The lowest BCUT2D eigenvalue weighted by atomic mass is 10.1. The summed E-state index contributed by atoms with van der Waals surface area (Å²) in [6, 6.07) is -0.205. The number of hydrogen-bond donors (Lipinski definition) is 3. The Labute approximate surface area is 101 Å². The first-order valence-corrected chi connectivity index (χ1v) is 6.01. The summed E-state index contributed by atoms with van der Waals surface area (Å²) in [7, 11) is 0. The quantitative estimate of drug-likeness (QED) is 0.503. The number of urea groups is 1. The number of aliphatic carboxylic acids is 1. The minimum Gasteiger partial charge on any atom is -0.481 e. The minimum atomic E-state index is -0.761. The second-order valence-corrected chi connectivity index (χ2v) is 4.30. The first-order valence-electron chi connectivity index (χ1n) is 6.01. The molecule has 96 valence electrons. The van der Waals surface area contributed by atoms with Gasteiger partial charge in [-0.1, -0.05) is 12.2 Å². The number of carbonyl (C=O) groups excluding carboxylic acids is 1. The summed E-state index contributed by atoms with van der Waals surface area (Å²) in [5.41, 5.74) is 0. The van der Waals surface area contributed by atoms with Crippen molar-refractivity contribution in [3.8, 4) is 0 Å². The lowest BCUT2D eigenvalue weighted by molar-refractivity contribution is -0.141. The Kier molecular flexibility index (Phi) is 5.52. The molecule has 0 heterocycles. The van der Waals surface area contributed by atoms with E-state index in [0.717, 1.165) is 12.8 Å². The van der Waals surface area contributed by atoms with Crippen molar-refractivity contribution in [1.29, 1.82) is 0 Å². The average molecular weight is 240 g/mol. The van der Waals surface area contributed by atoms with Crippen LogP contribution in [0, 0.1) is 5.92 Å². The van der Waals surface area contributed by atoms with E-state index >= 15 is 0 Å². The fourth-order valence-electron chi connectivity index (χ4n) is 2.01. The van der Waals surface area contributed by atoms with Gasteiger partial charge in [0.15, 0.2) is 0 Å². The standard InChI is InChI=1S/C12H20N2O3/c1-2-3-4-7-13-12(17)14-10-6-5-9(8-10)11(15)16/h2-3,9-10H,4-8H2,1H3,(H,15,16)(H2,13,14,17)/b3-2+. The zero-order valence-electron chi connectivity index (χ0n) is 10.1. The molecule has 2 atom stereocenters. The molecule has 0 bridgehead atoms. The number of allylic oxidation sites excluding steroid dienone is 1. The molecule has 1 rings (SSSR count). The maximum Gasteiger partial charge on any atom is 0.315 e. The molecular weight excluding hydrogens is 220 g/mol. The topological polar surface area (TPSA) is 78.4 Å². The van der Waals surface area contributed by atoms with Crippen molar-refractivity contribution >= 4 is 12.0 Å². The lowest BCUT2D eigenvalue weighted by Crippen LogP contribution is -2.41. The largest absolute Gasteiger partial charge is 0.481 e. The number of amides is 2. The van der Waals surface area contributed by atoms with E-state index < -0.39 is 5.97 Å². The van der Waals surface area contributed by atoms with Crippen LogP contribution in [0.5, 0.6) is 0 Å². The SMILES string of the molecule is C/C=C/CCNC(=O)NC1CCC(C(=O)O)C1. The lowest BCUT2D eigenvalue weighted by Gasteiger charge is -2.12. The summed E-state index contributed by atoms with van der Waals surface area (Å²) in [6.45, 7) is 2.54. The molecule has 0 spiro atoms. The molecule has 1 saturated carbocycles. The van der Waals surface area contributed by atoms with Crippen molar-refractivity contribution in [3.05, 3.63) is 12.2 Å². The van der Waals surface area contributed by atoms with E-state index in [0.29, 0.717) is 19.4 Å². The monoisotopic (exact) mass is 240 g/mol. The first-order chi connectivity index (χ1) is 8.13.